The minimum Gasteiger partial charge on any atom is -0.332 e. The van der Waals surface area contributed by atoms with E-state index in [0.29, 0.717) is 30.0 Å². The Morgan fingerprint density at radius 1 is 1.04 bits per heavy atom. The van der Waals surface area contributed by atoms with Crippen molar-refractivity contribution in [1.29, 1.82) is 0 Å². The average Bonchev–Trinajstić information content (AvgIpc) is 3.07. The molecular weight excluding hydrogens is 355 g/mol. The Kier molecular flexibility index (Phi) is 6.21. The molecule has 1 aromatic heterocycles. The minimum absolute atomic E-state index is 0.122. The molecule has 6 heteroatoms. The van der Waals surface area contributed by atoms with Crippen LogP contribution < -0.4 is 0 Å². The van der Waals surface area contributed by atoms with Crippen molar-refractivity contribution in [3.8, 4) is 11.3 Å². The smallest absolute Gasteiger partial charge is 0.272 e. The highest BCUT2D eigenvalue weighted by Crippen LogP contribution is 2.23. The van der Waals surface area contributed by atoms with Crippen LogP contribution in [0.3, 0.4) is 0 Å². The van der Waals surface area contributed by atoms with Gasteiger partial charge in [0.2, 0.25) is 0 Å². The molecule has 1 heterocycles. The molecule has 0 atom stereocenters. The maximum absolute atomic E-state index is 14.1. The Labute approximate surface area is 165 Å². The van der Waals surface area contributed by atoms with Crippen LogP contribution in [0.4, 0.5) is 4.39 Å². The van der Waals surface area contributed by atoms with Gasteiger partial charge in [-0.05, 0) is 37.9 Å². The van der Waals surface area contributed by atoms with E-state index < -0.39 is 0 Å². The van der Waals surface area contributed by atoms with E-state index in [9.17, 15) is 9.18 Å². The van der Waals surface area contributed by atoms with Gasteiger partial charge in [-0.15, -0.1) is 0 Å². The molecule has 3 aromatic rings. The molecule has 1 amide bonds. The van der Waals surface area contributed by atoms with Crippen LogP contribution in [0.1, 0.15) is 16.1 Å². The predicted molar refractivity (Wildman–Crippen MR) is 108 cm³/mol. The van der Waals surface area contributed by atoms with Gasteiger partial charge in [0.15, 0.2) is 0 Å². The average molecular weight is 380 g/mol. The van der Waals surface area contributed by atoms with Crippen LogP contribution >= 0.6 is 0 Å². The van der Waals surface area contributed by atoms with Gasteiger partial charge in [0.05, 0.1) is 5.69 Å². The van der Waals surface area contributed by atoms with Crippen molar-refractivity contribution >= 4 is 5.91 Å². The first-order valence-corrected chi connectivity index (χ1v) is 9.22. The molecule has 0 aliphatic heterocycles. The quantitative estimate of drug-likeness (QED) is 0.631. The van der Waals surface area contributed by atoms with Gasteiger partial charge < -0.3 is 9.80 Å². The van der Waals surface area contributed by atoms with Crippen LogP contribution in [0.2, 0.25) is 0 Å². The fourth-order valence-electron chi connectivity index (χ4n) is 3.01. The lowest BCUT2D eigenvalue weighted by molar-refractivity contribution is 0.0721. The van der Waals surface area contributed by atoms with E-state index in [1.165, 1.54) is 10.7 Å². The predicted octanol–water partition coefficient (Wildman–Crippen LogP) is 3.43. The van der Waals surface area contributed by atoms with E-state index in [0.717, 1.165) is 12.1 Å². The van der Waals surface area contributed by atoms with Gasteiger partial charge >= 0.3 is 0 Å². The summed E-state index contributed by atoms with van der Waals surface area (Å²) in [6, 6.07) is 18.0. The van der Waals surface area contributed by atoms with E-state index in [1.807, 2.05) is 49.3 Å². The third-order valence-electron chi connectivity index (χ3n) is 4.57. The summed E-state index contributed by atoms with van der Waals surface area (Å²) in [5.41, 5.74) is 2.34. The van der Waals surface area contributed by atoms with Crippen molar-refractivity contribution in [2.75, 3.05) is 27.2 Å². The highest BCUT2D eigenvalue weighted by molar-refractivity contribution is 5.93. The van der Waals surface area contributed by atoms with Gasteiger partial charge in [-0.2, -0.15) is 5.10 Å². The summed E-state index contributed by atoms with van der Waals surface area (Å²) in [5.74, 6) is -0.475. The second-order valence-electron chi connectivity index (χ2n) is 7.03. The Morgan fingerprint density at radius 3 is 2.39 bits per heavy atom. The second kappa shape index (κ2) is 8.80. The SMILES string of the molecule is CN(C)CCN(Cc1ccccc1)C(=O)c1cc(-c2ccccc2F)nn1C. The first-order valence-electron chi connectivity index (χ1n) is 9.22. The van der Waals surface area contributed by atoms with Gasteiger partial charge in [0.25, 0.3) is 5.91 Å². The normalized spacial score (nSPS) is 11.0. The Morgan fingerprint density at radius 2 is 1.71 bits per heavy atom. The number of likely N-dealkylation sites (N-methyl/N-ethyl adjacent to an activating group) is 1. The molecule has 0 fully saturated rings. The van der Waals surface area contributed by atoms with Crippen molar-refractivity contribution in [3.05, 3.63) is 77.7 Å². The van der Waals surface area contributed by atoms with Crippen LogP contribution in [0.25, 0.3) is 11.3 Å². The van der Waals surface area contributed by atoms with Gasteiger partial charge in [-0.1, -0.05) is 42.5 Å². The monoisotopic (exact) mass is 380 g/mol. The number of carbonyl (C=O) groups is 1. The van der Waals surface area contributed by atoms with E-state index in [4.69, 9.17) is 0 Å². The van der Waals surface area contributed by atoms with Crippen LogP contribution in [0, 0.1) is 5.82 Å². The zero-order valence-corrected chi connectivity index (χ0v) is 16.5. The number of aryl methyl sites for hydroxylation is 1. The summed E-state index contributed by atoms with van der Waals surface area (Å²) >= 11 is 0. The standard InChI is InChI=1S/C22H25FN4O/c1-25(2)13-14-27(16-17-9-5-4-6-10-17)22(28)21-15-20(24-26(21)3)18-11-7-8-12-19(18)23/h4-12,15H,13-14,16H2,1-3H3. The molecule has 0 aliphatic rings. The third kappa shape index (κ3) is 4.64. The number of carbonyl (C=O) groups excluding carboxylic acids is 1. The molecular formula is C22H25FN4O. The number of amides is 1. The Hall–Kier alpha value is -2.99. The molecule has 146 valence electrons. The molecule has 0 bridgehead atoms. The molecule has 0 unspecified atom stereocenters. The highest BCUT2D eigenvalue weighted by atomic mass is 19.1. The lowest BCUT2D eigenvalue weighted by Gasteiger charge is -2.24. The molecule has 0 radical (unpaired) electrons. The first kappa shape index (κ1) is 19.8. The van der Waals surface area contributed by atoms with Gasteiger partial charge in [-0.25, -0.2) is 4.39 Å². The Bertz CT molecular complexity index is 937. The fourth-order valence-corrected chi connectivity index (χ4v) is 3.01. The van der Waals surface area contributed by atoms with E-state index in [1.54, 1.807) is 36.2 Å². The number of hydrogen-bond acceptors (Lipinski definition) is 3. The fraction of sp³-hybridized carbons (Fsp3) is 0.273. The largest absolute Gasteiger partial charge is 0.332 e. The van der Waals surface area contributed by atoms with Crippen molar-refractivity contribution in [3.63, 3.8) is 0 Å². The topological polar surface area (TPSA) is 41.4 Å². The molecule has 0 saturated heterocycles. The van der Waals surface area contributed by atoms with Crippen LogP contribution in [0.15, 0.2) is 60.7 Å². The van der Waals surface area contributed by atoms with Crippen molar-refractivity contribution < 1.29 is 9.18 Å². The maximum atomic E-state index is 14.1. The van der Waals surface area contributed by atoms with Gasteiger partial charge in [0.1, 0.15) is 11.5 Å². The number of benzene rings is 2. The molecule has 2 aromatic carbocycles. The lowest BCUT2D eigenvalue weighted by Crippen LogP contribution is -2.37. The number of nitrogens with zero attached hydrogens (tertiary/aromatic N) is 4. The zero-order valence-electron chi connectivity index (χ0n) is 16.5. The van der Waals surface area contributed by atoms with Crippen LogP contribution in [-0.2, 0) is 13.6 Å². The number of rotatable bonds is 7. The zero-order chi connectivity index (χ0) is 20.1. The number of aromatic nitrogens is 2. The van der Waals surface area contributed by atoms with Crippen molar-refractivity contribution in [1.82, 2.24) is 19.6 Å². The third-order valence-corrected chi connectivity index (χ3v) is 4.57. The van der Waals surface area contributed by atoms with E-state index in [-0.39, 0.29) is 11.7 Å². The van der Waals surface area contributed by atoms with Gasteiger partial charge in [0, 0.05) is 32.2 Å². The molecule has 0 saturated carbocycles. The summed E-state index contributed by atoms with van der Waals surface area (Å²) < 4.78 is 15.6. The number of hydrogen-bond donors (Lipinski definition) is 0. The molecule has 0 aliphatic carbocycles. The van der Waals surface area contributed by atoms with E-state index in [2.05, 4.69) is 5.10 Å². The highest BCUT2D eigenvalue weighted by Gasteiger charge is 2.22. The molecule has 28 heavy (non-hydrogen) atoms. The lowest BCUT2D eigenvalue weighted by atomic mass is 10.1. The van der Waals surface area contributed by atoms with E-state index >= 15 is 0 Å². The minimum atomic E-state index is -0.353. The molecule has 0 spiro atoms. The van der Waals surface area contributed by atoms with Gasteiger partial charge in [-0.3, -0.25) is 9.48 Å². The maximum Gasteiger partial charge on any atom is 0.272 e. The summed E-state index contributed by atoms with van der Waals surface area (Å²) in [6.45, 7) is 1.84. The number of halogens is 1. The first-order chi connectivity index (χ1) is 13.5. The molecule has 0 N–H and O–H groups in total. The summed E-state index contributed by atoms with van der Waals surface area (Å²) in [4.78, 5) is 17.1. The molecule has 3 rings (SSSR count). The summed E-state index contributed by atoms with van der Waals surface area (Å²) in [6.07, 6.45) is 0. The van der Waals surface area contributed by atoms with Crippen LogP contribution in [-0.4, -0.2) is 52.7 Å². The Balaban J connectivity index is 1.88. The second-order valence-corrected chi connectivity index (χ2v) is 7.03. The van der Waals surface area contributed by atoms with Crippen LogP contribution in [0.5, 0.6) is 0 Å². The molecule has 5 nitrogen and oxygen atoms in total. The van der Waals surface area contributed by atoms with Crippen molar-refractivity contribution in [2.45, 2.75) is 6.54 Å². The summed E-state index contributed by atoms with van der Waals surface area (Å²) in [7, 11) is 5.67. The van der Waals surface area contributed by atoms with Crippen molar-refractivity contribution in [2.24, 2.45) is 7.05 Å². The summed E-state index contributed by atoms with van der Waals surface area (Å²) in [5, 5.41) is 4.37.